The first-order chi connectivity index (χ1) is 9.24. The van der Waals surface area contributed by atoms with Crippen molar-refractivity contribution in [3.05, 3.63) is 11.1 Å². The van der Waals surface area contributed by atoms with Gasteiger partial charge in [0.05, 0.1) is 0 Å². The molecule has 2 atom stereocenters. The highest BCUT2D eigenvalue weighted by molar-refractivity contribution is 7.15. The quantitative estimate of drug-likeness (QED) is 0.862. The maximum atomic E-state index is 4.55. The number of anilines is 1. The van der Waals surface area contributed by atoms with E-state index in [1.807, 2.05) is 17.5 Å². The zero-order valence-electron chi connectivity index (χ0n) is 12.5. The van der Waals surface area contributed by atoms with Gasteiger partial charge >= 0.3 is 0 Å². The first-order valence-corrected chi connectivity index (χ1v) is 8.49. The molecule has 1 aliphatic carbocycles. The Morgan fingerprint density at radius 3 is 2.74 bits per heavy atom. The van der Waals surface area contributed by atoms with Crippen molar-refractivity contribution >= 4 is 16.5 Å². The SMILES string of the molecule is CCN(CC)c1ncc(CNC2CCCCC2C)s1. The van der Waals surface area contributed by atoms with E-state index >= 15 is 0 Å². The van der Waals surface area contributed by atoms with Gasteiger partial charge in [0.1, 0.15) is 0 Å². The maximum absolute atomic E-state index is 4.55. The van der Waals surface area contributed by atoms with Crippen molar-refractivity contribution in [2.45, 2.75) is 59.0 Å². The molecule has 19 heavy (non-hydrogen) atoms. The molecule has 4 heteroatoms. The zero-order chi connectivity index (χ0) is 13.7. The second-order valence-corrected chi connectivity index (χ2v) is 6.62. The van der Waals surface area contributed by atoms with Crippen LogP contribution in [0.25, 0.3) is 0 Å². The van der Waals surface area contributed by atoms with Crippen molar-refractivity contribution in [1.82, 2.24) is 10.3 Å². The number of hydrogen-bond donors (Lipinski definition) is 1. The highest BCUT2D eigenvalue weighted by atomic mass is 32.1. The van der Waals surface area contributed by atoms with E-state index in [9.17, 15) is 0 Å². The van der Waals surface area contributed by atoms with E-state index in [4.69, 9.17) is 0 Å². The van der Waals surface area contributed by atoms with Crippen LogP contribution in [0.5, 0.6) is 0 Å². The van der Waals surface area contributed by atoms with Crippen LogP contribution >= 0.6 is 11.3 Å². The minimum Gasteiger partial charge on any atom is -0.349 e. The molecule has 0 spiro atoms. The summed E-state index contributed by atoms with van der Waals surface area (Å²) in [5, 5.41) is 4.89. The van der Waals surface area contributed by atoms with Crippen molar-refractivity contribution in [3.63, 3.8) is 0 Å². The van der Waals surface area contributed by atoms with Crippen molar-refractivity contribution < 1.29 is 0 Å². The molecule has 0 saturated heterocycles. The molecule has 1 N–H and O–H groups in total. The molecule has 108 valence electrons. The van der Waals surface area contributed by atoms with Gasteiger partial charge in [-0.15, -0.1) is 11.3 Å². The van der Waals surface area contributed by atoms with Crippen LogP contribution in [0.4, 0.5) is 5.13 Å². The summed E-state index contributed by atoms with van der Waals surface area (Å²) in [4.78, 5) is 8.22. The first-order valence-electron chi connectivity index (χ1n) is 7.67. The van der Waals surface area contributed by atoms with Gasteiger partial charge in [0.25, 0.3) is 0 Å². The molecule has 1 saturated carbocycles. The van der Waals surface area contributed by atoms with Crippen molar-refractivity contribution in [1.29, 1.82) is 0 Å². The highest BCUT2D eigenvalue weighted by Gasteiger charge is 2.20. The molecule has 2 unspecified atom stereocenters. The summed E-state index contributed by atoms with van der Waals surface area (Å²) < 4.78 is 0. The van der Waals surface area contributed by atoms with Gasteiger partial charge < -0.3 is 10.2 Å². The number of nitrogens with zero attached hydrogens (tertiary/aromatic N) is 2. The number of aromatic nitrogens is 1. The summed E-state index contributed by atoms with van der Waals surface area (Å²) in [6.07, 6.45) is 7.55. The molecule has 0 amide bonds. The first kappa shape index (κ1) is 14.8. The standard InChI is InChI=1S/C15H27N3S/c1-4-18(5-2)15-17-11-13(19-15)10-16-14-9-7-6-8-12(14)3/h11-12,14,16H,4-10H2,1-3H3. The van der Waals surface area contributed by atoms with E-state index < -0.39 is 0 Å². The Hall–Kier alpha value is -0.610. The molecular weight excluding hydrogens is 254 g/mol. The smallest absolute Gasteiger partial charge is 0.185 e. The largest absolute Gasteiger partial charge is 0.349 e. The normalized spacial score (nSPS) is 23.5. The van der Waals surface area contributed by atoms with Crippen LogP contribution in [0.3, 0.4) is 0 Å². The molecule has 0 radical (unpaired) electrons. The fourth-order valence-corrected chi connectivity index (χ4v) is 3.86. The van der Waals surface area contributed by atoms with Crippen LogP contribution < -0.4 is 10.2 Å². The zero-order valence-corrected chi connectivity index (χ0v) is 13.3. The van der Waals surface area contributed by atoms with Gasteiger partial charge in [-0.3, -0.25) is 0 Å². The summed E-state index contributed by atoms with van der Waals surface area (Å²) in [5.74, 6) is 0.823. The third-order valence-corrected chi connectivity index (χ3v) is 5.28. The lowest BCUT2D eigenvalue weighted by Gasteiger charge is -2.29. The lowest BCUT2D eigenvalue weighted by atomic mass is 9.86. The third kappa shape index (κ3) is 3.93. The topological polar surface area (TPSA) is 28.2 Å². The Bertz CT molecular complexity index is 373. The van der Waals surface area contributed by atoms with Crippen LogP contribution in [0.15, 0.2) is 6.20 Å². The van der Waals surface area contributed by atoms with Gasteiger partial charge in [-0.25, -0.2) is 4.98 Å². The van der Waals surface area contributed by atoms with Crippen LogP contribution in [-0.2, 0) is 6.54 Å². The second kappa shape index (κ2) is 7.25. The molecule has 0 aromatic carbocycles. The summed E-state index contributed by atoms with van der Waals surface area (Å²) in [5.41, 5.74) is 0. The van der Waals surface area contributed by atoms with Gasteiger partial charge in [0, 0.05) is 36.8 Å². The number of thiazole rings is 1. The molecule has 1 aromatic rings. The Morgan fingerprint density at radius 2 is 2.05 bits per heavy atom. The average molecular weight is 281 g/mol. The fraction of sp³-hybridized carbons (Fsp3) is 0.800. The van der Waals surface area contributed by atoms with Crippen LogP contribution in [0.1, 0.15) is 51.3 Å². The van der Waals surface area contributed by atoms with Gasteiger partial charge in [-0.05, 0) is 32.6 Å². The van der Waals surface area contributed by atoms with E-state index in [2.05, 4.69) is 36.0 Å². The summed E-state index contributed by atoms with van der Waals surface area (Å²) >= 11 is 1.83. The van der Waals surface area contributed by atoms with Gasteiger partial charge in [-0.1, -0.05) is 19.8 Å². The monoisotopic (exact) mass is 281 g/mol. The average Bonchev–Trinajstić information content (AvgIpc) is 2.88. The lowest BCUT2D eigenvalue weighted by molar-refractivity contribution is 0.280. The summed E-state index contributed by atoms with van der Waals surface area (Å²) in [7, 11) is 0. The van der Waals surface area contributed by atoms with E-state index in [-0.39, 0.29) is 0 Å². The Balaban J connectivity index is 1.86. The molecule has 0 bridgehead atoms. The maximum Gasteiger partial charge on any atom is 0.185 e. The molecule has 2 rings (SSSR count). The van der Waals surface area contributed by atoms with Crippen LogP contribution in [-0.4, -0.2) is 24.1 Å². The van der Waals surface area contributed by atoms with Crippen molar-refractivity contribution in [3.8, 4) is 0 Å². The number of rotatable bonds is 6. The minimum absolute atomic E-state index is 0.702. The predicted octanol–water partition coefficient (Wildman–Crippen LogP) is 3.66. The predicted molar refractivity (Wildman–Crippen MR) is 83.9 cm³/mol. The molecule has 3 nitrogen and oxygen atoms in total. The van der Waals surface area contributed by atoms with E-state index in [0.29, 0.717) is 6.04 Å². The third-order valence-electron chi connectivity index (χ3n) is 4.23. The van der Waals surface area contributed by atoms with Gasteiger partial charge in [0.2, 0.25) is 0 Å². The molecule has 0 aliphatic heterocycles. The second-order valence-electron chi connectivity index (χ2n) is 5.53. The highest BCUT2D eigenvalue weighted by Crippen LogP contribution is 2.26. The van der Waals surface area contributed by atoms with Gasteiger partial charge in [-0.2, -0.15) is 0 Å². The molecule has 1 aromatic heterocycles. The summed E-state index contributed by atoms with van der Waals surface area (Å²) in [6.45, 7) is 9.81. The minimum atomic E-state index is 0.702. The Kier molecular flexibility index (Phi) is 5.64. The number of nitrogens with one attached hydrogen (secondary N) is 1. The molecule has 1 aliphatic rings. The molecule has 1 fully saturated rings. The summed E-state index contributed by atoms with van der Waals surface area (Å²) in [6, 6.07) is 0.702. The molecular formula is C15H27N3S. The van der Waals surface area contributed by atoms with E-state index in [1.165, 1.54) is 35.7 Å². The number of hydrogen-bond acceptors (Lipinski definition) is 4. The van der Waals surface area contributed by atoms with Crippen LogP contribution in [0, 0.1) is 5.92 Å². The van der Waals surface area contributed by atoms with Crippen LogP contribution in [0.2, 0.25) is 0 Å². The Morgan fingerprint density at radius 1 is 1.32 bits per heavy atom. The lowest BCUT2D eigenvalue weighted by Crippen LogP contribution is -2.36. The van der Waals surface area contributed by atoms with Crippen molar-refractivity contribution in [2.75, 3.05) is 18.0 Å². The van der Waals surface area contributed by atoms with E-state index in [1.54, 1.807) is 0 Å². The van der Waals surface area contributed by atoms with Crippen molar-refractivity contribution in [2.24, 2.45) is 5.92 Å². The Labute approximate surface area is 121 Å². The fourth-order valence-electron chi connectivity index (χ4n) is 2.87. The molecule has 1 heterocycles. The van der Waals surface area contributed by atoms with E-state index in [0.717, 1.165) is 25.6 Å². The van der Waals surface area contributed by atoms with Gasteiger partial charge in [0.15, 0.2) is 5.13 Å².